The van der Waals surface area contributed by atoms with Gasteiger partial charge in [-0.05, 0) is 57.0 Å². The molecule has 0 atom stereocenters. The van der Waals surface area contributed by atoms with Gasteiger partial charge < -0.3 is 10.1 Å². The van der Waals surface area contributed by atoms with Crippen LogP contribution >= 0.6 is 0 Å². The predicted molar refractivity (Wildman–Crippen MR) is 97.9 cm³/mol. The first-order chi connectivity index (χ1) is 12.2. The Kier molecular flexibility index (Phi) is 4.50. The molecule has 8 nitrogen and oxygen atoms in total. The summed E-state index contributed by atoms with van der Waals surface area (Å²) in [5, 5.41) is 13.8. The van der Waals surface area contributed by atoms with E-state index in [1.54, 1.807) is 11.0 Å². The van der Waals surface area contributed by atoms with Gasteiger partial charge in [-0.3, -0.25) is 15.0 Å². The number of rotatable bonds is 3. The van der Waals surface area contributed by atoms with Gasteiger partial charge in [-0.1, -0.05) is 0 Å². The van der Waals surface area contributed by atoms with Gasteiger partial charge in [-0.15, -0.1) is 0 Å². The fraction of sp³-hybridized carbons (Fsp3) is 0.333. The van der Waals surface area contributed by atoms with Gasteiger partial charge in [0, 0.05) is 18.3 Å². The topological polar surface area (TPSA) is 97.6 Å². The maximum absolute atomic E-state index is 12.3. The molecule has 2 heterocycles. The number of pyridine rings is 1. The minimum Gasteiger partial charge on any atom is -0.443 e. The van der Waals surface area contributed by atoms with Crippen LogP contribution in [0.1, 0.15) is 26.3 Å². The van der Waals surface area contributed by atoms with Crippen LogP contribution in [-0.2, 0) is 11.2 Å². The van der Waals surface area contributed by atoms with Crippen LogP contribution in [0.5, 0.6) is 0 Å². The maximum atomic E-state index is 12.3. The Balaban J connectivity index is 1.74. The van der Waals surface area contributed by atoms with E-state index < -0.39 is 10.5 Å². The first kappa shape index (κ1) is 17.7. The number of fused-ring (bicyclic) bond motifs is 1. The number of nitrogens with one attached hydrogen (secondary N) is 1. The van der Waals surface area contributed by atoms with E-state index in [1.807, 2.05) is 39.0 Å². The molecule has 1 aliphatic heterocycles. The quantitative estimate of drug-likeness (QED) is 0.658. The van der Waals surface area contributed by atoms with E-state index in [0.717, 1.165) is 23.4 Å². The van der Waals surface area contributed by atoms with Crippen molar-refractivity contribution in [1.29, 1.82) is 0 Å². The SMILES string of the molecule is CC(C)(C)OC(=O)N1CCc2cc(Nc3ccc([N+](=O)[O-])cn3)ccc21. The molecule has 0 bridgehead atoms. The van der Waals surface area contributed by atoms with Gasteiger partial charge in [0.1, 0.15) is 17.6 Å². The second-order valence-electron chi connectivity index (χ2n) is 7.01. The summed E-state index contributed by atoms with van der Waals surface area (Å²) in [6, 6.07) is 8.60. The van der Waals surface area contributed by atoms with Gasteiger partial charge in [0.05, 0.1) is 10.6 Å². The number of benzene rings is 1. The molecule has 0 aliphatic carbocycles. The summed E-state index contributed by atoms with van der Waals surface area (Å²) in [5.41, 5.74) is 2.07. The molecule has 0 unspecified atom stereocenters. The van der Waals surface area contributed by atoms with Gasteiger partial charge >= 0.3 is 6.09 Å². The Bertz CT molecular complexity index is 843. The standard InChI is InChI=1S/C18H20N4O4/c1-18(2,3)26-17(23)21-9-8-12-10-13(4-6-15(12)21)20-16-7-5-14(11-19-16)22(24)25/h4-7,10-11H,8-9H2,1-3H3,(H,19,20). The molecule has 26 heavy (non-hydrogen) atoms. The minimum atomic E-state index is -0.539. The van der Waals surface area contributed by atoms with Crippen molar-refractivity contribution in [2.75, 3.05) is 16.8 Å². The predicted octanol–water partition coefficient (Wildman–Crippen LogP) is 4.03. The number of amides is 1. The zero-order valence-electron chi connectivity index (χ0n) is 14.9. The van der Waals surface area contributed by atoms with Crippen molar-refractivity contribution >= 4 is 29.0 Å². The smallest absolute Gasteiger partial charge is 0.414 e. The second kappa shape index (κ2) is 6.62. The van der Waals surface area contributed by atoms with Crippen molar-refractivity contribution in [3.05, 3.63) is 52.2 Å². The van der Waals surface area contributed by atoms with Crippen LogP contribution in [0.25, 0.3) is 0 Å². The number of nitro groups is 1. The van der Waals surface area contributed by atoms with Gasteiger partial charge in [0.2, 0.25) is 0 Å². The minimum absolute atomic E-state index is 0.0579. The highest BCUT2D eigenvalue weighted by Gasteiger charge is 2.29. The Labute approximate surface area is 150 Å². The lowest BCUT2D eigenvalue weighted by atomic mass is 10.1. The van der Waals surface area contributed by atoms with Crippen LogP contribution in [0, 0.1) is 10.1 Å². The summed E-state index contributed by atoms with van der Waals surface area (Å²) >= 11 is 0. The number of carbonyl (C=O) groups excluding carboxylic acids is 1. The average molecular weight is 356 g/mol. The summed E-state index contributed by atoms with van der Waals surface area (Å²) in [6.07, 6.45) is 1.59. The molecule has 0 fully saturated rings. The lowest BCUT2D eigenvalue weighted by Gasteiger charge is -2.24. The van der Waals surface area contributed by atoms with Crippen LogP contribution in [0.3, 0.4) is 0 Å². The number of ether oxygens (including phenoxy) is 1. The van der Waals surface area contributed by atoms with E-state index in [9.17, 15) is 14.9 Å². The molecule has 3 rings (SSSR count). The van der Waals surface area contributed by atoms with E-state index >= 15 is 0 Å². The van der Waals surface area contributed by atoms with Crippen LogP contribution in [-0.4, -0.2) is 28.1 Å². The summed E-state index contributed by atoms with van der Waals surface area (Å²) in [5.74, 6) is 0.512. The lowest BCUT2D eigenvalue weighted by molar-refractivity contribution is -0.385. The third-order valence-electron chi connectivity index (χ3n) is 3.82. The molecular weight excluding hydrogens is 336 g/mol. The molecule has 0 saturated heterocycles. The van der Waals surface area contributed by atoms with Crippen LogP contribution in [0.2, 0.25) is 0 Å². The first-order valence-corrected chi connectivity index (χ1v) is 8.24. The van der Waals surface area contributed by atoms with Crippen LogP contribution < -0.4 is 10.2 Å². The molecule has 0 spiro atoms. The molecule has 2 aromatic rings. The van der Waals surface area contributed by atoms with Crippen LogP contribution in [0.4, 0.5) is 27.7 Å². The molecule has 1 N–H and O–H groups in total. The van der Waals surface area contributed by atoms with Gasteiger partial charge in [-0.2, -0.15) is 0 Å². The zero-order chi connectivity index (χ0) is 18.9. The molecule has 1 aromatic carbocycles. The van der Waals surface area contributed by atoms with Gasteiger partial charge in [0.15, 0.2) is 0 Å². The third kappa shape index (κ3) is 3.90. The number of hydrogen-bond acceptors (Lipinski definition) is 6. The highest BCUT2D eigenvalue weighted by Crippen LogP contribution is 2.32. The van der Waals surface area contributed by atoms with E-state index in [1.165, 1.54) is 12.3 Å². The van der Waals surface area contributed by atoms with Crippen molar-refractivity contribution in [3.8, 4) is 0 Å². The van der Waals surface area contributed by atoms with E-state index in [2.05, 4.69) is 10.3 Å². The summed E-state index contributed by atoms with van der Waals surface area (Å²) < 4.78 is 5.44. The van der Waals surface area contributed by atoms with E-state index in [-0.39, 0.29) is 11.8 Å². The van der Waals surface area contributed by atoms with Crippen molar-refractivity contribution in [3.63, 3.8) is 0 Å². The van der Waals surface area contributed by atoms with Crippen molar-refractivity contribution in [2.24, 2.45) is 0 Å². The Morgan fingerprint density at radius 2 is 2.08 bits per heavy atom. The normalized spacial score (nSPS) is 13.3. The molecular formula is C18H20N4O4. The van der Waals surface area contributed by atoms with Crippen LogP contribution in [0.15, 0.2) is 36.5 Å². The molecule has 1 amide bonds. The molecule has 1 aliphatic rings. The summed E-state index contributed by atoms with van der Waals surface area (Å²) in [7, 11) is 0. The largest absolute Gasteiger partial charge is 0.443 e. The summed E-state index contributed by atoms with van der Waals surface area (Å²) in [6.45, 7) is 6.09. The monoisotopic (exact) mass is 356 g/mol. The number of anilines is 3. The highest BCUT2D eigenvalue weighted by molar-refractivity contribution is 5.91. The lowest BCUT2D eigenvalue weighted by Crippen LogP contribution is -2.35. The van der Waals surface area contributed by atoms with Crippen molar-refractivity contribution in [1.82, 2.24) is 4.98 Å². The number of carbonyl (C=O) groups is 1. The zero-order valence-corrected chi connectivity index (χ0v) is 14.9. The Morgan fingerprint density at radius 1 is 1.31 bits per heavy atom. The highest BCUT2D eigenvalue weighted by atomic mass is 16.6. The Hall–Kier alpha value is -3.16. The maximum Gasteiger partial charge on any atom is 0.414 e. The number of aromatic nitrogens is 1. The Morgan fingerprint density at radius 3 is 2.69 bits per heavy atom. The number of nitrogens with zero attached hydrogens (tertiary/aromatic N) is 3. The first-order valence-electron chi connectivity index (χ1n) is 8.24. The number of hydrogen-bond donors (Lipinski definition) is 1. The van der Waals surface area contributed by atoms with E-state index in [4.69, 9.17) is 4.74 Å². The fourth-order valence-corrected chi connectivity index (χ4v) is 2.70. The second-order valence-corrected chi connectivity index (χ2v) is 7.01. The molecule has 136 valence electrons. The molecule has 0 radical (unpaired) electrons. The fourth-order valence-electron chi connectivity index (χ4n) is 2.70. The van der Waals surface area contributed by atoms with Gasteiger partial charge in [0.25, 0.3) is 5.69 Å². The van der Waals surface area contributed by atoms with E-state index in [0.29, 0.717) is 12.4 Å². The molecule has 8 heteroatoms. The molecule has 1 aromatic heterocycles. The van der Waals surface area contributed by atoms with Crippen molar-refractivity contribution in [2.45, 2.75) is 32.8 Å². The van der Waals surface area contributed by atoms with Gasteiger partial charge in [-0.25, -0.2) is 9.78 Å². The average Bonchev–Trinajstić information content (AvgIpc) is 2.97. The summed E-state index contributed by atoms with van der Waals surface area (Å²) in [4.78, 5) is 28.2. The van der Waals surface area contributed by atoms with Crippen molar-refractivity contribution < 1.29 is 14.5 Å². The third-order valence-corrected chi connectivity index (χ3v) is 3.82. The molecule has 0 saturated carbocycles.